The third-order valence-corrected chi connectivity index (χ3v) is 4.15. The summed E-state index contributed by atoms with van der Waals surface area (Å²) >= 11 is 6.09. The van der Waals surface area contributed by atoms with E-state index in [0.717, 1.165) is 11.1 Å². The molecule has 2 aromatic heterocycles. The number of nitrogens with zero attached hydrogens (tertiary/aromatic N) is 2. The molecular weight excluding hydrogens is 329 g/mol. The first-order valence-corrected chi connectivity index (χ1v) is 7.67. The van der Waals surface area contributed by atoms with Gasteiger partial charge in [-0.15, -0.1) is 0 Å². The van der Waals surface area contributed by atoms with Crippen molar-refractivity contribution in [2.24, 2.45) is 0 Å². The van der Waals surface area contributed by atoms with Crippen molar-refractivity contribution in [1.82, 2.24) is 15.0 Å². The summed E-state index contributed by atoms with van der Waals surface area (Å²) in [5, 5.41) is 4.43. The van der Waals surface area contributed by atoms with Gasteiger partial charge in [0.1, 0.15) is 11.5 Å². The zero-order valence-electron chi connectivity index (χ0n) is 12.7. The number of hydrogen-bond donors (Lipinski definition) is 3. The third-order valence-electron chi connectivity index (χ3n) is 3.98. The van der Waals surface area contributed by atoms with Crippen LogP contribution in [0.4, 0.5) is 15.8 Å². The lowest BCUT2D eigenvalue weighted by Gasteiger charge is -2.07. The molecule has 24 heavy (non-hydrogen) atoms. The lowest BCUT2D eigenvalue weighted by molar-refractivity contribution is 0.630. The first kappa shape index (κ1) is 14.7. The first-order valence-electron chi connectivity index (χ1n) is 7.29. The molecule has 0 fully saturated rings. The summed E-state index contributed by atoms with van der Waals surface area (Å²) in [6.07, 6.45) is 0. The Balaban J connectivity index is 2.20. The van der Waals surface area contributed by atoms with Gasteiger partial charge in [0.15, 0.2) is 0 Å². The average Bonchev–Trinajstić information content (AvgIpc) is 2.91. The molecule has 0 aliphatic rings. The number of nitrogen functional groups attached to an aromatic ring is 1. The van der Waals surface area contributed by atoms with Gasteiger partial charge in [-0.3, -0.25) is 0 Å². The molecule has 0 aliphatic carbocycles. The summed E-state index contributed by atoms with van der Waals surface area (Å²) in [6.45, 7) is 0. The molecule has 0 aliphatic heterocycles. The summed E-state index contributed by atoms with van der Waals surface area (Å²) in [5.41, 5.74) is 9.85. The molecule has 2 heterocycles. The van der Waals surface area contributed by atoms with Crippen LogP contribution in [0, 0.1) is 5.82 Å². The number of rotatable bonds is 2. The second-order valence-electron chi connectivity index (χ2n) is 5.40. The van der Waals surface area contributed by atoms with E-state index in [4.69, 9.17) is 17.3 Å². The van der Waals surface area contributed by atoms with Crippen LogP contribution in [0.3, 0.4) is 0 Å². The molecule has 4 rings (SSSR count). The summed E-state index contributed by atoms with van der Waals surface area (Å²) in [4.78, 5) is 11.8. The smallest absolute Gasteiger partial charge is 0.224 e. The van der Waals surface area contributed by atoms with Crippen LogP contribution in [-0.2, 0) is 0 Å². The molecule has 0 amide bonds. The van der Waals surface area contributed by atoms with Gasteiger partial charge in [-0.2, -0.15) is 4.98 Å². The summed E-state index contributed by atoms with van der Waals surface area (Å²) in [7, 11) is 1.73. The van der Waals surface area contributed by atoms with Crippen molar-refractivity contribution < 1.29 is 4.39 Å². The molecule has 2 aromatic carbocycles. The minimum Gasteiger partial charge on any atom is -0.398 e. The van der Waals surface area contributed by atoms with Crippen molar-refractivity contribution in [1.29, 1.82) is 0 Å². The molecule has 5 nitrogen and oxygen atoms in total. The molecule has 4 aromatic rings. The Morgan fingerprint density at radius 1 is 1.21 bits per heavy atom. The van der Waals surface area contributed by atoms with Crippen molar-refractivity contribution in [2.45, 2.75) is 0 Å². The maximum absolute atomic E-state index is 14.0. The van der Waals surface area contributed by atoms with E-state index in [9.17, 15) is 4.39 Å². The van der Waals surface area contributed by atoms with E-state index in [1.54, 1.807) is 13.1 Å². The normalized spacial score (nSPS) is 11.3. The van der Waals surface area contributed by atoms with Gasteiger partial charge in [-0.1, -0.05) is 18.2 Å². The van der Waals surface area contributed by atoms with Crippen LogP contribution in [0.25, 0.3) is 33.2 Å². The molecule has 0 saturated heterocycles. The van der Waals surface area contributed by atoms with Crippen LogP contribution in [0.15, 0.2) is 36.4 Å². The van der Waals surface area contributed by atoms with Gasteiger partial charge in [0.2, 0.25) is 5.28 Å². The quantitative estimate of drug-likeness (QED) is 0.377. The highest BCUT2D eigenvalue weighted by Crippen LogP contribution is 2.38. The Kier molecular flexibility index (Phi) is 3.28. The van der Waals surface area contributed by atoms with Crippen LogP contribution in [0.1, 0.15) is 0 Å². The number of H-pyrrole nitrogens is 1. The Labute approximate surface area is 141 Å². The van der Waals surface area contributed by atoms with E-state index in [1.165, 1.54) is 12.1 Å². The molecule has 0 radical (unpaired) electrons. The second-order valence-corrected chi connectivity index (χ2v) is 5.74. The van der Waals surface area contributed by atoms with E-state index < -0.39 is 0 Å². The van der Waals surface area contributed by atoms with Gasteiger partial charge in [0, 0.05) is 23.7 Å². The number of benzene rings is 2. The van der Waals surface area contributed by atoms with E-state index >= 15 is 0 Å². The standard InChI is InChI=1S/C17H13ClFN5/c1-21-12-7-8(19)6-10-13-15(9-4-2-3-5-11(9)20)23-17(18)24-16(13)22-14(10)12/h2-7,21H,20H2,1H3,(H,22,23,24). The summed E-state index contributed by atoms with van der Waals surface area (Å²) in [5.74, 6) is -0.352. The molecule has 0 spiro atoms. The molecule has 0 unspecified atom stereocenters. The number of aromatic nitrogens is 3. The zero-order chi connectivity index (χ0) is 16.8. The number of hydrogen-bond acceptors (Lipinski definition) is 4. The Bertz CT molecular complexity index is 1090. The van der Waals surface area contributed by atoms with Crippen LogP contribution in [0.5, 0.6) is 0 Å². The van der Waals surface area contributed by atoms with Gasteiger partial charge in [-0.25, -0.2) is 9.37 Å². The van der Waals surface area contributed by atoms with Gasteiger partial charge < -0.3 is 16.0 Å². The van der Waals surface area contributed by atoms with Crippen LogP contribution >= 0.6 is 11.6 Å². The van der Waals surface area contributed by atoms with Gasteiger partial charge in [0.05, 0.1) is 22.3 Å². The van der Waals surface area contributed by atoms with Crippen molar-refractivity contribution in [3.63, 3.8) is 0 Å². The molecule has 120 valence electrons. The van der Waals surface area contributed by atoms with Gasteiger partial charge in [0.25, 0.3) is 0 Å². The minimum absolute atomic E-state index is 0.0961. The second kappa shape index (κ2) is 5.35. The average molecular weight is 342 g/mol. The number of nitrogens with two attached hydrogens (primary N) is 1. The zero-order valence-corrected chi connectivity index (χ0v) is 13.4. The minimum atomic E-state index is -0.352. The highest BCUT2D eigenvalue weighted by Gasteiger charge is 2.18. The summed E-state index contributed by atoms with van der Waals surface area (Å²) in [6, 6.07) is 10.2. The lowest BCUT2D eigenvalue weighted by atomic mass is 10.0. The Morgan fingerprint density at radius 3 is 2.75 bits per heavy atom. The molecule has 7 heteroatoms. The summed E-state index contributed by atoms with van der Waals surface area (Å²) < 4.78 is 14.0. The van der Waals surface area contributed by atoms with Crippen molar-refractivity contribution in [3.8, 4) is 11.3 Å². The molecular formula is C17H13ClFN5. The maximum atomic E-state index is 14.0. The van der Waals surface area contributed by atoms with Crippen molar-refractivity contribution >= 4 is 44.9 Å². The fourth-order valence-corrected chi connectivity index (χ4v) is 3.11. The Hall–Kier alpha value is -2.86. The molecule has 0 atom stereocenters. The van der Waals surface area contributed by atoms with Crippen molar-refractivity contribution in [3.05, 3.63) is 47.5 Å². The number of halogens is 2. The molecule has 0 saturated carbocycles. The monoisotopic (exact) mass is 341 g/mol. The highest BCUT2D eigenvalue weighted by atomic mass is 35.5. The predicted molar refractivity (Wildman–Crippen MR) is 95.8 cm³/mol. The number of nitrogens with one attached hydrogen (secondary N) is 2. The highest BCUT2D eigenvalue weighted by molar-refractivity contribution is 6.29. The molecule has 4 N–H and O–H groups in total. The number of para-hydroxylation sites is 1. The first-order chi connectivity index (χ1) is 11.6. The van der Waals surface area contributed by atoms with E-state index in [2.05, 4.69) is 20.3 Å². The SMILES string of the molecule is CNc1cc(F)cc2c1[nH]c1nc(Cl)nc(-c3ccccc3N)c12. The van der Waals surface area contributed by atoms with Crippen LogP contribution < -0.4 is 11.1 Å². The fraction of sp³-hybridized carbons (Fsp3) is 0.0588. The molecule has 0 bridgehead atoms. The number of fused-ring (bicyclic) bond motifs is 3. The van der Waals surface area contributed by atoms with Crippen molar-refractivity contribution in [2.75, 3.05) is 18.1 Å². The Morgan fingerprint density at radius 2 is 2.00 bits per heavy atom. The van der Waals surface area contributed by atoms with Gasteiger partial charge >= 0.3 is 0 Å². The van der Waals surface area contributed by atoms with Crippen LogP contribution in [-0.4, -0.2) is 22.0 Å². The van der Waals surface area contributed by atoms with E-state index in [1.807, 2.05) is 18.2 Å². The number of anilines is 2. The third kappa shape index (κ3) is 2.15. The maximum Gasteiger partial charge on any atom is 0.224 e. The lowest BCUT2D eigenvalue weighted by Crippen LogP contribution is -1.94. The predicted octanol–water partition coefficient (Wildman–Crippen LogP) is 4.19. The van der Waals surface area contributed by atoms with E-state index in [-0.39, 0.29) is 11.1 Å². The largest absolute Gasteiger partial charge is 0.398 e. The van der Waals surface area contributed by atoms with Gasteiger partial charge in [-0.05, 0) is 29.8 Å². The van der Waals surface area contributed by atoms with E-state index in [0.29, 0.717) is 33.5 Å². The fourth-order valence-electron chi connectivity index (χ4n) is 2.94. The van der Waals surface area contributed by atoms with Crippen LogP contribution in [0.2, 0.25) is 5.28 Å². The number of aromatic amines is 1. The topological polar surface area (TPSA) is 79.6 Å².